The molecule has 0 bridgehead atoms. The number of aliphatic imine (C=N–C) groups is 1. The number of nitrogens with zero attached hydrogens (tertiary/aromatic N) is 2. The first-order valence-corrected chi connectivity index (χ1v) is 9.07. The average Bonchev–Trinajstić information content (AvgIpc) is 3.28. The molecule has 6 heteroatoms. The van der Waals surface area contributed by atoms with Crippen LogP contribution in [-0.2, 0) is 10.2 Å². The summed E-state index contributed by atoms with van der Waals surface area (Å²) in [5.41, 5.74) is 1.07. The van der Waals surface area contributed by atoms with E-state index in [2.05, 4.69) is 15.6 Å². The fourth-order valence-corrected chi connectivity index (χ4v) is 3.51. The summed E-state index contributed by atoms with van der Waals surface area (Å²) < 4.78 is 13.5. The number of hydrogen-bond acceptors (Lipinski definition) is 2. The normalized spacial score (nSPS) is 22.0. The minimum absolute atomic E-state index is 0.0135. The van der Waals surface area contributed by atoms with Gasteiger partial charge in [-0.1, -0.05) is 19.1 Å². The topological polar surface area (TPSA) is 56.7 Å². The van der Waals surface area contributed by atoms with E-state index in [1.165, 1.54) is 6.07 Å². The minimum atomic E-state index is -0.182. The lowest BCUT2D eigenvalue weighted by atomic mass is 9.96. The molecule has 1 unspecified atom stereocenters. The van der Waals surface area contributed by atoms with Crippen molar-refractivity contribution in [1.82, 2.24) is 15.5 Å². The van der Waals surface area contributed by atoms with E-state index in [1.807, 2.05) is 17.9 Å². The van der Waals surface area contributed by atoms with Gasteiger partial charge >= 0.3 is 0 Å². The third-order valence-electron chi connectivity index (χ3n) is 5.29. The Morgan fingerprint density at radius 3 is 2.88 bits per heavy atom. The third kappa shape index (κ3) is 4.11. The minimum Gasteiger partial charge on any atom is -0.356 e. The fourth-order valence-electron chi connectivity index (χ4n) is 3.51. The molecular formula is C19H27FN4O. The molecule has 1 amide bonds. The van der Waals surface area contributed by atoms with E-state index in [0.717, 1.165) is 50.4 Å². The van der Waals surface area contributed by atoms with E-state index in [0.29, 0.717) is 6.42 Å². The highest BCUT2D eigenvalue weighted by molar-refractivity contribution is 5.80. The number of benzene rings is 1. The highest BCUT2D eigenvalue weighted by Crippen LogP contribution is 2.47. The molecule has 25 heavy (non-hydrogen) atoms. The van der Waals surface area contributed by atoms with Gasteiger partial charge in [-0.3, -0.25) is 9.79 Å². The summed E-state index contributed by atoms with van der Waals surface area (Å²) in [6.45, 7) is 4.16. The molecule has 1 atom stereocenters. The summed E-state index contributed by atoms with van der Waals surface area (Å²) in [6.07, 6.45) is 3.60. The van der Waals surface area contributed by atoms with E-state index < -0.39 is 0 Å². The van der Waals surface area contributed by atoms with Crippen molar-refractivity contribution in [3.63, 3.8) is 0 Å². The van der Waals surface area contributed by atoms with Gasteiger partial charge in [0, 0.05) is 44.6 Å². The van der Waals surface area contributed by atoms with Crippen molar-refractivity contribution in [2.24, 2.45) is 4.99 Å². The number of amides is 1. The maximum Gasteiger partial charge on any atom is 0.222 e. The lowest BCUT2D eigenvalue weighted by Gasteiger charge is -2.22. The third-order valence-corrected chi connectivity index (χ3v) is 5.29. The van der Waals surface area contributed by atoms with E-state index in [-0.39, 0.29) is 23.2 Å². The molecule has 0 spiro atoms. The molecule has 5 nitrogen and oxygen atoms in total. The number of hydrogen-bond donors (Lipinski definition) is 2. The Kier molecular flexibility index (Phi) is 5.25. The number of carbonyl (C=O) groups is 1. The fraction of sp³-hybridized carbons (Fsp3) is 0.579. The number of guanidine groups is 1. The van der Waals surface area contributed by atoms with Gasteiger partial charge in [-0.15, -0.1) is 0 Å². The number of carbonyl (C=O) groups excluding carboxylic acids is 1. The number of likely N-dealkylation sites (tertiary alicyclic amines) is 1. The Bertz CT molecular complexity index is 657. The van der Waals surface area contributed by atoms with Gasteiger partial charge in [-0.25, -0.2) is 4.39 Å². The highest BCUT2D eigenvalue weighted by atomic mass is 19.1. The van der Waals surface area contributed by atoms with Crippen molar-refractivity contribution < 1.29 is 9.18 Å². The second-order valence-electron chi connectivity index (χ2n) is 7.04. The molecule has 3 rings (SSSR count). The first-order valence-electron chi connectivity index (χ1n) is 9.07. The van der Waals surface area contributed by atoms with E-state index in [1.54, 1.807) is 19.2 Å². The first kappa shape index (κ1) is 17.7. The molecular weight excluding hydrogens is 319 g/mol. The van der Waals surface area contributed by atoms with Crippen LogP contribution in [0.2, 0.25) is 0 Å². The van der Waals surface area contributed by atoms with E-state index >= 15 is 0 Å². The van der Waals surface area contributed by atoms with Gasteiger partial charge in [0.2, 0.25) is 5.91 Å². The Morgan fingerprint density at radius 2 is 2.24 bits per heavy atom. The molecule has 1 aromatic carbocycles. The van der Waals surface area contributed by atoms with Crippen LogP contribution in [0.4, 0.5) is 4.39 Å². The van der Waals surface area contributed by atoms with Crippen LogP contribution in [-0.4, -0.2) is 49.5 Å². The Hall–Kier alpha value is -2.11. The molecule has 2 N–H and O–H groups in total. The Balaban J connectivity index is 1.53. The standard InChI is InChI=1S/C19H27FN4O/c1-3-17(25)24-10-7-16(12-24)23-18(21-2)22-13-19(8-9-19)14-5-4-6-15(20)11-14/h4-6,11,16H,3,7-10,12-13H2,1-2H3,(H2,21,22,23). The molecule has 0 aromatic heterocycles. The first-order chi connectivity index (χ1) is 12.1. The van der Waals surface area contributed by atoms with Gasteiger partial charge in [-0.2, -0.15) is 0 Å². The molecule has 1 saturated heterocycles. The second kappa shape index (κ2) is 7.42. The summed E-state index contributed by atoms with van der Waals surface area (Å²) in [4.78, 5) is 18.0. The second-order valence-corrected chi connectivity index (χ2v) is 7.04. The average molecular weight is 346 g/mol. The van der Waals surface area contributed by atoms with Crippen LogP contribution in [0.3, 0.4) is 0 Å². The maximum absolute atomic E-state index is 13.5. The molecule has 1 saturated carbocycles. The largest absolute Gasteiger partial charge is 0.356 e. The monoisotopic (exact) mass is 346 g/mol. The van der Waals surface area contributed by atoms with Gasteiger partial charge in [0.15, 0.2) is 5.96 Å². The lowest BCUT2D eigenvalue weighted by molar-refractivity contribution is -0.129. The molecule has 2 aliphatic rings. The van der Waals surface area contributed by atoms with Gasteiger partial charge < -0.3 is 15.5 Å². The Morgan fingerprint density at radius 1 is 1.44 bits per heavy atom. The summed E-state index contributed by atoms with van der Waals surface area (Å²) in [5.74, 6) is 0.770. The zero-order chi connectivity index (χ0) is 17.9. The van der Waals surface area contributed by atoms with Crippen LogP contribution in [0.25, 0.3) is 0 Å². The van der Waals surface area contributed by atoms with Crippen LogP contribution in [0.5, 0.6) is 0 Å². The molecule has 0 radical (unpaired) electrons. The summed E-state index contributed by atoms with van der Waals surface area (Å²) in [5, 5.41) is 6.80. The van der Waals surface area contributed by atoms with E-state index in [4.69, 9.17) is 0 Å². The van der Waals surface area contributed by atoms with Crippen molar-refractivity contribution in [2.45, 2.75) is 44.1 Å². The highest BCUT2D eigenvalue weighted by Gasteiger charge is 2.44. The number of nitrogens with one attached hydrogen (secondary N) is 2. The molecule has 2 fully saturated rings. The summed E-state index contributed by atoms with van der Waals surface area (Å²) in [7, 11) is 1.75. The molecule has 136 valence electrons. The van der Waals surface area contributed by atoms with Crippen LogP contribution in [0, 0.1) is 5.82 Å². The van der Waals surface area contributed by atoms with Crippen LogP contribution in [0.1, 0.15) is 38.2 Å². The zero-order valence-electron chi connectivity index (χ0n) is 15.0. The molecule has 1 aliphatic carbocycles. The summed E-state index contributed by atoms with van der Waals surface area (Å²) in [6, 6.07) is 7.12. The lowest BCUT2D eigenvalue weighted by Crippen LogP contribution is -2.47. The smallest absolute Gasteiger partial charge is 0.222 e. The van der Waals surface area contributed by atoms with Gasteiger partial charge in [0.05, 0.1) is 0 Å². The van der Waals surface area contributed by atoms with Crippen LogP contribution in [0.15, 0.2) is 29.3 Å². The molecule has 1 heterocycles. The van der Waals surface area contributed by atoms with Gasteiger partial charge in [-0.05, 0) is 37.0 Å². The van der Waals surface area contributed by atoms with Gasteiger partial charge in [0.25, 0.3) is 0 Å². The molecule has 1 aromatic rings. The van der Waals surface area contributed by atoms with Crippen molar-refractivity contribution >= 4 is 11.9 Å². The van der Waals surface area contributed by atoms with Crippen molar-refractivity contribution in [1.29, 1.82) is 0 Å². The predicted octanol–water partition coefficient (Wildman–Crippen LogP) is 2.03. The van der Waals surface area contributed by atoms with E-state index in [9.17, 15) is 9.18 Å². The molecule has 1 aliphatic heterocycles. The zero-order valence-corrected chi connectivity index (χ0v) is 15.0. The quantitative estimate of drug-likeness (QED) is 0.634. The van der Waals surface area contributed by atoms with Crippen LogP contribution < -0.4 is 10.6 Å². The van der Waals surface area contributed by atoms with Gasteiger partial charge in [0.1, 0.15) is 5.82 Å². The number of rotatable bonds is 5. The number of halogens is 1. The Labute approximate surface area is 148 Å². The van der Waals surface area contributed by atoms with Crippen LogP contribution >= 0.6 is 0 Å². The van der Waals surface area contributed by atoms with Crippen molar-refractivity contribution in [3.05, 3.63) is 35.6 Å². The predicted molar refractivity (Wildman–Crippen MR) is 97.1 cm³/mol. The van der Waals surface area contributed by atoms with Crippen molar-refractivity contribution in [2.75, 3.05) is 26.7 Å². The maximum atomic E-state index is 13.5. The van der Waals surface area contributed by atoms with Crippen molar-refractivity contribution in [3.8, 4) is 0 Å². The SMILES string of the molecule is CCC(=O)N1CCC(NC(=NC)NCC2(c3cccc(F)c3)CC2)C1. The summed E-state index contributed by atoms with van der Waals surface area (Å²) >= 11 is 0.